The third kappa shape index (κ3) is 1.94. The molecule has 0 aliphatic rings. The van der Waals surface area contributed by atoms with Crippen LogP contribution in [-0.4, -0.2) is 24.2 Å². The fourth-order valence-electron chi connectivity index (χ4n) is 1.28. The highest BCUT2D eigenvalue weighted by atomic mass is 32.1. The number of phenolic OH excluding ortho intramolecular Hbond substituents is 1. The monoisotopic (exact) mass is 220 g/mol. The molecule has 1 aromatic carbocycles. The minimum atomic E-state index is 0.271. The van der Waals surface area contributed by atoms with Gasteiger partial charge < -0.3 is 10.0 Å². The van der Waals surface area contributed by atoms with E-state index in [9.17, 15) is 5.11 Å². The minimum Gasteiger partial charge on any atom is -0.507 e. The van der Waals surface area contributed by atoms with E-state index in [-0.39, 0.29) is 5.75 Å². The molecule has 1 aromatic heterocycles. The topological polar surface area (TPSA) is 36.4 Å². The first-order valence-corrected chi connectivity index (χ1v) is 5.47. The van der Waals surface area contributed by atoms with Gasteiger partial charge in [0.2, 0.25) is 0 Å². The van der Waals surface area contributed by atoms with Crippen LogP contribution in [0.1, 0.15) is 0 Å². The molecule has 0 atom stereocenters. The molecule has 2 aromatic rings. The standard InChI is InChI=1S/C11H12N2OS/c1-13(2)11-12-9(7-15-11)8-5-3-4-6-10(8)14/h3-7,14H,1-2H3. The van der Waals surface area contributed by atoms with Crippen LogP contribution in [0.3, 0.4) is 0 Å². The fourth-order valence-corrected chi connectivity index (χ4v) is 2.04. The van der Waals surface area contributed by atoms with E-state index >= 15 is 0 Å². The Morgan fingerprint density at radius 2 is 2.00 bits per heavy atom. The summed E-state index contributed by atoms with van der Waals surface area (Å²) in [5.41, 5.74) is 1.60. The van der Waals surface area contributed by atoms with E-state index in [4.69, 9.17) is 0 Å². The molecule has 1 N–H and O–H groups in total. The van der Waals surface area contributed by atoms with Crippen molar-refractivity contribution in [1.82, 2.24) is 4.98 Å². The molecule has 0 saturated carbocycles. The molecule has 0 aliphatic carbocycles. The van der Waals surface area contributed by atoms with Gasteiger partial charge in [-0.3, -0.25) is 0 Å². The van der Waals surface area contributed by atoms with E-state index in [1.807, 2.05) is 36.5 Å². The first kappa shape index (κ1) is 9.98. The summed E-state index contributed by atoms with van der Waals surface area (Å²) in [4.78, 5) is 6.38. The molecule has 0 unspecified atom stereocenters. The lowest BCUT2D eigenvalue weighted by Gasteiger charge is -2.05. The van der Waals surface area contributed by atoms with Gasteiger partial charge in [0.25, 0.3) is 0 Å². The summed E-state index contributed by atoms with van der Waals surface area (Å²) in [6.07, 6.45) is 0. The molecule has 0 fully saturated rings. The van der Waals surface area contributed by atoms with Crippen LogP contribution < -0.4 is 4.90 Å². The molecular weight excluding hydrogens is 208 g/mol. The van der Waals surface area contributed by atoms with Crippen molar-refractivity contribution in [2.75, 3.05) is 19.0 Å². The van der Waals surface area contributed by atoms with E-state index in [1.165, 1.54) is 0 Å². The Hall–Kier alpha value is -1.55. The number of aromatic hydroxyl groups is 1. The van der Waals surface area contributed by atoms with Crippen molar-refractivity contribution in [1.29, 1.82) is 0 Å². The zero-order valence-corrected chi connectivity index (χ0v) is 9.45. The van der Waals surface area contributed by atoms with Crippen molar-refractivity contribution in [2.45, 2.75) is 0 Å². The predicted octanol–water partition coefficient (Wildman–Crippen LogP) is 2.58. The Kier molecular flexibility index (Phi) is 2.60. The number of benzene rings is 1. The van der Waals surface area contributed by atoms with Crippen LogP contribution in [0.5, 0.6) is 5.75 Å². The lowest BCUT2D eigenvalue weighted by molar-refractivity contribution is 0.477. The summed E-state index contributed by atoms with van der Waals surface area (Å²) < 4.78 is 0. The average Bonchev–Trinajstić information content (AvgIpc) is 2.67. The SMILES string of the molecule is CN(C)c1nc(-c2ccccc2O)cs1. The van der Waals surface area contributed by atoms with Gasteiger partial charge in [-0.15, -0.1) is 11.3 Å². The van der Waals surface area contributed by atoms with Crippen LogP contribution in [0.15, 0.2) is 29.6 Å². The summed E-state index contributed by atoms with van der Waals surface area (Å²) in [5, 5.41) is 12.5. The van der Waals surface area contributed by atoms with Crippen molar-refractivity contribution in [3.05, 3.63) is 29.6 Å². The number of anilines is 1. The second-order valence-corrected chi connectivity index (χ2v) is 4.26. The molecule has 3 nitrogen and oxygen atoms in total. The van der Waals surface area contributed by atoms with Gasteiger partial charge in [0.05, 0.1) is 5.69 Å². The van der Waals surface area contributed by atoms with Crippen LogP contribution in [0.2, 0.25) is 0 Å². The summed E-state index contributed by atoms with van der Waals surface area (Å²) in [6, 6.07) is 7.23. The molecule has 4 heteroatoms. The second kappa shape index (κ2) is 3.90. The highest BCUT2D eigenvalue weighted by Crippen LogP contribution is 2.31. The van der Waals surface area contributed by atoms with Gasteiger partial charge in [-0.05, 0) is 12.1 Å². The number of hydrogen-bond acceptors (Lipinski definition) is 4. The molecule has 78 valence electrons. The fraction of sp³-hybridized carbons (Fsp3) is 0.182. The Morgan fingerprint density at radius 3 is 2.60 bits per heavy atom. The highest BCUT2D eigenvalue weighted by molar-refractivity contribution is 7.14. The van der Waals surface area contributed by atoms with Crippen LogP contribution in [0, 0.1) is 0 Å². The first-order valence-electron chi connectivity index (χ1n) is 4.59. The zero-order chi connectivity index (χ0) is 10.8. The van der Waals surface area contributed by atoms with Gasteiger partial charge in [-0.2, -0.15) is 0 Å². The molecule has 2 rings (SSSR count). The summed E-state index contributed by atoms with van der Waals surface area (Å²) >= 11 is 1.56. The average molecular weight is 220 g/mol. The van der Waals surface area contributed by atoms with Gasteiger partial charge in [0.1, 0.15) is 5.75 Å². The first-order chi connectivity index (χ1) is 7.18. The number of nitrogens with zero attached hydrogens (tertiary/aromatic N) is 2. The van der Waals surface area contributed by atoms with Gasteiger partial charge >= 0.3 is 0 Å². The number of rotatable bonds is 2. The molecule has 0 saturated heterocycles. The predicted molar refractivity (Wildman–Crippen MR) is 63.5 cm³/mol. The maximum atomic E-state index is 9.66. The van der Waals surface area contributed by atoms with Gasteiger partial charge in [0.15, 0.2) is 5.13 Å². The quantitative estimate of drug-likeness (QED) is 0.845. The highest BCUT2D eigenvalue weighted by Gasteiger charge is 2.08. The Balaban J connectivity index is 2.42. The molecule has 0 aliphatic heterocycles. The third-order valence-electron chi connectivity index (χ3n) is 2.05. The number of hydrogen-bond donors (Lipinski definition) is 1. The minimum absolute atomic E-state index is 0.271. The van der Waals surface area contributed by atoms with Crippen molar-refractivity contribution >= 4 is 16.5 Å². The van der Waals surface area contributed by atoms with Crippen LogP contribution in [0.4, 0.5) is 5.13 Å². The van der Waals surface area contributed by atoms with Crippen LogP contribution in [0.25, 0.3) is 11.3 Å². The van der Waals surface area contributed by atoms with Crippen molar-refractivity contribution in [3.63, 3.8) is 0 Å². The van der Waals surface area contributed by atoms with E-state index in [1.54, 1.807) is 23.5 Å². The molecule has 0 bridgehead atoms. The molecule has 0 radical (unpaired) electrons. The second-order valence-electron chi connectivity index (χ2n) is 3.43. The summed E-state index contributed by atoms with van der Waals surface area (Å²) in [6.45, 7) is 0. The number of para-hydroxylation sites is 1. The summed E-state index contributed by atoms with van der Waals surface area (Å²) in [5.74, 6) is 0.271. The largest absolute Gasteiger partial charge is 0.507 e. The zero-order valence-electron chi connectivity index (χ0n) is 8.64. The molecular formula is C11H12N2OS. The molecule has 15 heavy (non-hydrogen) atoms. The van der Waals surface area contributed by atoms with Crippen molar-refractivity contribution in [2.24, 2.45) is 0 Å². The smallest absolute Gasteiger partial charge is 0.185 e. The maximum Gasteiger partial charge on any atom is 0.185 e. The number of thiazole rings is 1. The van der Waals surface area contributed by atoms with E-state index < -0.39 is 0 Å². The lowest BCUT2D eigenvalue weighted by Crippen LogP contribution is -2.07. The van der Waals surface area contributed by atoms with E-state index in [0.717, 1.165) is 16.4 Å². The van der Waals surface area contributed by atoms with Crippen LogP contribution in [-0.2, 0) is 0 Å². The molecule has 0 spiro atoms. The Labute approximate surface area is 92.6 Å². The maximum absolute atomic E-state index is 9.66. The number of phenols is 1. The lowest BCUT2D eigenvalue weighted by atomic mass is 10.1. The van der Waals surface area contributed by atoms with Crippen molar-refractivity contribution < 1.29 is 5.11 Å². The van der Waals surface area contributed by atoms with Gasteiger partial charge in [0, 0.05) is 25.0 Å². The van der Waals surface area contributed by atoms with Crippen molar-refractivity contribution in [3.8, 4) is 17.0 Å². The molecule has 1 heterocycles. The number of aromatic nitrogens is 1. The van der Waals surface area contributed by atoms with E-state index in [0.29, 0.717) is 0 Å². The van der Waals surface area contributed by atoms with Gasteiger partial charge in [-0.1, -0.05) is 12.1 Å². The van der Waals surface area contributed by atoms with Crippen LogP contribution >= 0.6 is 11.3 Å². The molecule has 0 amide bonds. The van der Waals surface area contributed by atoms with E-state index in [2.05, 4.69) is 4.98 Å². The van der Waals surface area contributed by atoms with Gasteiger partial charge in [-0.25, -0.2) is 4.98 Å². The summed E-state index contributed by atoms with van der Waals surface area (Å²) in [7, 11) is 3.90. The Bertz CT molecular complexity index is 465. The normalized spacial score (nSPS) is 10.3. The third-order valence-corrected chi connectivity index (χ3v) is 3.06. The Morgan fingerprint density at radius 1 is 1.27 bits per heavy atom.